The van der Waals surface area contributed by atoms with Gasteiger partial charge in [-0.05, 0) is 74.2 Å². The summed E-state index contributed by atoms with van der Waals surface area (Å²) in [4.78, 5) is 10.4. The van der Waals surface area contributed by atoms with Crippen LogP contribution in [-0.2, 0) is 16.9 Å². The molecule has 4 aromatic rings. The highest BCUT2D eigenvalue weighted by atomic mass is 32.2. The molecule has 0 saturated carbocycles. The number of piperazine rings is 1. The van der Waals surface area contributed by atoms with E-state index < -0.39 is 9.84 Å². The van der Waals surface area contributed by atoms with Gasteiger partial charge in [-0.2, -0.15) is 0 Å². The average Bonchev–Trinajstić information content (AvgIpc) is 3.36. The molecule has 2 aromatic carbocycles. The summed E-state index contributed by atoms with van der Waals surface area (Å²) in [7, 11) is -1.19. The lowest BCUT2D eigenvalue weighted by Crippen LogP contribution is -2.56. The fourth-order valence-electron chi connectivity index (χ4n) is 6.36. The quantitative estimate of drug-likeness (QED) is 0.358. The van der Waals surface area contributed by atoms with E-state index in [1.54, 1.807) is 12.1 Å². The van der Waals surface area contributed by atoms with Crippen LogP contribution in [0, 0.1) is 0 Å². The van der Waals surface area contributed by atoms with Gasteiger partial charge in [-0.15, -0.1) is 0 Å². The Morgan fingerprint density at radius 1 is 0.865 bits per heavy atom. The largest absolute Gasteiger partial charge is 0.368 e. The SMILES string of the molecule is CC(C)N1C2CCC1CN(c1ccc(-c3cnc4cc(-c5ccc(S(C)(=O)=O)cc5)n(C)c4c3)cc1)C2. The third kappa shape index (κ3) is 4.34. The number of aromatic nitrogens is 2. The molecule has 0 radical (unpaired) electrons. The van der Waals surface area contributed by atoms with E-state index in [1.807, 2.05) is 25.4 Å². The molecule has 192 valence electrons. The summed E-state index contributed by atoms with van der Waals surface area (Å²) in [6.07, 6.45) is 5.79. The maximum Gasteiger partial charge on any atom is 0.175 e. The lowest BCUT2D eigenvalue weighted by Gasteiger charge is -2.44. The molecule has 7 heteroatoms. The van der Waals surface area contributed by atoms with E-state index in [4.69, 9.17) is 4.98 Å². The maximum absolute atomic E-state index is 11.8. The van der Waals surface area contributed by atoms with Crippen molar-refractivity contribution >= 4 is 26.6 Å². The molecule has 37 heavy (non-hydrogen) atoms. The average molecular weight is 515 g/mol. The standard InChI is InChI=1S/C30H34N4O2S/c1-20(2)34-25-11-12-26(34)19-33(18-25)24-9-5-21(6-10-24)23-15-30-28(31-17-23)16-29(32(30)3)22-7-13-27(14-8-22)37(4,35)36/h5-10,13-17,20,25-26H,11-12,18-19H2,1-4H3. The monoisotopic (exact) mass is 514 g/mol. The van der Waals surface area contributed by atoms with E-state index in [-0.39, 0.29) is 0 Å². The minimum absolute atomic E-state index is 0.327. The highest BCUT2D eigenvalue weighted by molar-refractivity contribution is 7.90. The Balaban J connectivity index is 1.25. The van der Waals surface area contributed by atoms with Crippen molar-refractivity contribution in [1.29, 1.82) is 0 Å². The van der Waals surface area contributed by atoms with Crippen LogP contribution in [0.3, 0.4) is 0 Å². The predicted octanol–water partition coefficient (Wildman–Crippen LogP) is 5.37. The van der Waals surface area contributed by atoms with Gasteiger partial charge >= 0.3 is 0 Å². The second-order valence-corrected chi connectivity index (χ2v) is 12.9. The molecule has 2 fully saturated rings. The molecular formula is C30H34N4O2S. The first kappa shape index (κ1) is 24.2. The van der Waals surface area contributed by atoms with Gasteiger partial charge in [-0.3, -0.25) is 9.88 Å². The highest BCUT2D eigenvalue weighted by Crippen LogP contribution is 2.35. The topological polar surface area (TPSA) is 58.4 Å². The molecule has 2 bridgehead atoms. The molecule has 6 nitrogen and oxygen atoms in total. The number of hydrogen-bond acceptors (Lipinski definition) is 5. The van der Waals surface area contributed by atoms with Crippen molar-refractivity contribution in [1.82, 2.24) is 14.5 Å². The van der Waals surface area contributed by atoms with Gasteiger partial charge in [0.15, 0.2) is 9.84 Å². The van der Waals surface area contributed by atoms with Crippen LogP contribution in [0.2, 0.25) is 0 Å². The van der Waals surface area contributed by atoms with Gasteiger partial charge in [0.1, 0.15) is 0 Å². The number of fused-ring (bicyclic) bond motifs is 3. The number of anilines is 1. The van der Waals surface area contributed by atoms with Crippen LogP contribution in [0.15, 0.2) is 71.8 Å². The first-order chi connectivity index (χ1) is 17.7. The lowest BCUT2D eigenvalue weighted by atomic mass is 10.1. The molecule has 2 aliphatic heterocycles. The second kappa shape index (κ2) is 8.99. The Morgan fingerprint density at radius 3 is 2.08 bits per heavy atom. The van der Waals surface area contributed by atoms with Crippen LogP contribution in [0.1, 0.15) is 26.7 Å². The van der Waals surface area contributed by atoms with E-state index >= 15 is 0 Å². The summed E-state index contributed by atoms with van der Waals surface area (Å²) < 4.78 is 25.8. The van der Waals surface area contributed by atoms with Crippen LogP contribution in [-0.4, -0.2) is 60.3 Å². The number of pyridine rings is 1. The van der Waals surface area contributed by atoms with Crippen LogP contribution < -0.4 is 4.90 Å². The minimum atomic E-state index is -3.22. The summed E-state index contributed by atoms with van der Waals surface area (Å²) in [6, 6.07) is 22.2. The fourth-order valence-corrected chi connectivity index (χ4v) is 6.99. The Hall–Kier alpha value is -3.16. The van der Waals surface area contributed by atoms with Gasteiger partial charge in [0.25, 0.3) is 0 Å². The molecule has 2 unspecified atom stereocenters. The normalized spacial score (nSPS) is 20.3. The molecule has 0 aliphatic carbocycles. The van der Waals surface area contributed by atoms with E-state index in [9.17, 15) is 8.42 Å². The fraction of sp³-hybridized carbons (Fsp3) is 0.367. The first-order valence-corrected chi connectivity index (χ1v) is 15.0. The number of rotatable bonds is 5. The Morgan fingerprint density at radius 2 is 1.49 bits per heavy atom. The molecule has 2 aromatic heterocycles. The van der Waals surface area contributed by atoms with Crippen molar-refractivity contribution in [2.24, 2.45) is 7.05 Å². The summed E-state index contributed by atoms with van der Waals surface area (Å²) >= 11 is 0. The Labute approximate surface area is 219 Å². The van der Waals surface area contributed by atoms with E-state index in [2.05, 4.69) is 64.6 Å². The molecule has 2 saturated heterocycles. The summed E-state index contributed by atoms with van der Waals surface area (Å²) in [5.41, 5.74) is 7.48. The molecular weight excluding hydrogens is 480 g/mol. The maximum atomic E-state index is 11.8. The van der Waals surface area contributed by atoms with Crippen molar-refractivity contribution in [3.05, 3.63) is 66.9 Å². The highest BCUT2D eigenvalue weighted by Gasteiger charge is 2.40. The first-order valence-electron chi connectivity index (χ1n) is 13.1. The smallest absolute Gasteiger partial charge is 0.175 e. The minimum Gasteiger partial charge on any atom is -0.368 e. The number of nitrogens with zero attached hydrogens (tertiary/aromatic N) is 4. The van der Waals surface area contributed by atoms with Crippen LogP contribution in [0.5, 0.6) is 0 Å². The van der Waals surface area contributed by atoms with E-state index in [0.29, 0.717) is 23.0 Å². The second-order valence-electron chi connectivity index (χ2n) is 10.9. The van der Waals surface area contributed by atoms with Gasteiger partial charge < -0.3 is 9.47 Å². The van der Waals surface area contributed by atoms with Crippen molar-refractivity contribution in [2.45, 2.75) is 49.7 Å². The van der Waals surface area contributed by atoms with E-state index in [0.717, 1.165) is 46.5 Å². The zero-order chi connectivity index (χ0) is 25.9. The number of hydrogen-bond donors (Lipinski definition) is 0. The molecule has 4 heterocycles. The van der Waals surface area contributed by atoms with Crippen molar-refractivity contribution < 1.29 is 8.42 Å². The van der Waals surface area contributed by atoms with Gasteiger partial charge in [-0.25, -0.2) is 8.42 Å². The number of benzene rings is 2. The van der Waals surface area contributed by atoms with Gasteiger partial charge in [-0.1, -0.05) is 24.3 Å². The van der Waals surface area contributed by atoms with Crippen molar-refractivity contribution in [3.63, 3.8) is 0 Å². The molecule has 0 spiro atoms. The van der Waals surface area contributed by atoms with Gasteiger partial charge in [0.05, 0.1) is 21.6 Å². The predicted molar refractivity (Wildman–Crippen MR) is 151 cm³/mol. The van der Waals surface area contributed by atoms with Crippen LogP contribution in [0.4, 0.5) is 5.69 Å². The third-order valence-corrected chi connectivity index (χ3v) is 9.30. The zero-order valence-electron chi connectivity index (χ0n) is 21.9. The van der Waals surface area contributed by atoms with Crippen LogP contribution >= 0.6 is 0 Å². The van der Waals surface area contributed by atoms with Gasteiger partial charge in [0, 0.05) is 62.0 Å². The molecule has 2 aliphatic rings. The van der Waals surface area contributed by atoms with Crippen molar-refractivity contribution in [3.8, 4) is 22.4 Å². The summed E-state index contributed by atoms with van der Waals surface area (Å²) in [5.74, 6) is 0. The number of sulfone groups is 1. The van der Waals surface area contributed by atoms with E-state index in [1.165, 1.54) is 24.8 Å². The zero-order valence-corrected chi connectivity index (χ0v) is 22.7. The molecule has 0 N–H and O–H groups in total. The number of aryl methyl sites for hydroxylation is 1. The Kier molecular flexibility index (Phi) is 5.88. The summed E-state index contributed by atoms with van der Waals surface area (Å²) in [5, 5.41) is 0. The van der Waals surface area contributed by atoms with Crippen molar-refractivity contribution in [2.75, 3.05) is 24.2 Å². The summed E-state index contributed by atoms with van der Waals surface area (Å²) in [6.45, 7) is 6.87. The third-order valence-electron chi connectivity index (χ3n) is 8.17. The lowest BCUT2D eigenvalue weighted by molar-refractivity contribution is 0.129. The molecule has 6 rings (SSSR count). The molecule has 0 amide bonds. The Bertz CT molecular complexity index is 1540. The van der Waals surface area contributed by atoms with Crippen LogP contribution in [0.25, 0.3) is 33.4 Å². The molecule has 2 atom stereocenters. The van der Waals surface area contributed by atoms with Gasteiger partial charge in [0.2, 0.25) is 0 Å².